The summed E-state index contributed by atoms with van der Waals surface area (Å²) in [6.07, 6.45) is 1.99. The van der Waals surface area contributed by atoms with Crippen LogP contribution in [0.2, 0.25) is 0 Å². The van der Waals surface area contributed by atoms with Crippen molar-refractivity contribution in [1.82, 2.24) is 0 Å². The highest BCUT2D eigenvalue weighted by atomic mass is 32.2. The van der Waals surface area contributed by atoms with Gasteiger partial charge in [0.2, 0.25) is 0 Å². The van der Waals surface area contributed by atoms with Crippen molar-refractivity contribution < 1.29 is 9.66 Å². The molecule has 0 fully saturated rings. The van der Waals surface area contributed by atoms with Crippen LogP contribution in [0.5, 0.6) is 5.75 Å². The molecule has 0 atom stereocenters. The molecule has 1 N–H and O–H groups in total. The third-order valence-corrected chi connectivity index (χ3v) is 2.72. The zero-order chi connectivity index (χ0) is 12.7. The molecular formula is C11H16N2O3S. The van der Waals surface area contributed by atoms with Gasteiger partial charge in [-0.2, -0.15) is 11.8 Å². The number of rotatable bonds is 7. The second kappa shape index (κ2) is 7.01. The van der Waals surface area contributed by atoms with Crippen LogP contribution >= 0.6 is 11.8 Å². The highest BCUT2D eigenvalue weighted by Crippen LogP contribution is 2.34. The van der Waals surface area contributed by atoms with Crippen LogP contribution in [0, 0.1) is 10.1 Å². The molecule has 94 valence electrons. The first-order valence-corrected chi connectivity index (χ1v) is 6.73. The molecule has 17 heavy (non-hydrogen) atoms. The maximum atomic E-state index is 11.0. The fourth-order valence-electron chi connectivity index (χ4n) is 1.41. The van der Waals surface area contributed by atoms with E-state index in [4.69, 9.17) is 4.74 Å². The first-order valence-electron chi connectivity index (χ1n) is 5.33. The van der Waals surface area contributed by atoms with E-state index in [9.17, 15) is 10.1 Å². The van der Waals surface area contributed by atoms with Gasteiger partial charge in [-0.3, -0.25) is 10.1 Å². The minimum absolute atomic E-state index is 0.00968. The van der Waals surface area contributed by atoms with E-state index in [1.807, 2.05) is 6.26 Å². The molecule has 0 saturated carbocycles. The molecule has 1 aromatic rings. The molecule has 0 spiro atoms. The van der Waals surface area contributed by atoms with Crippen LogP contribution in [0.15, 0.2) is 18.2 Å². The van der Waals surface area contributed by atoms with Gasteiger partial charge in [0.05, 0.1) is 11.5 Å². The van der Waals surface area contributed by atoms with Crippen LogP contribution in [0.1, 0.15) is 6.92 Å². The van der Waals surface area contributed by atoms with Crippen molar-refractivity contribution in [3.63, 3.8) is 0 Å². The predicted molar refractivity (Wildman–Crippen MR) is 71.1 cm³/mol. The first kappa shape index (κ1) is 13.6. The quantitative estimate of drug-likeness (QED) is 0.461. The third kappa shape index (κ3) is 3.81. The van der Waals surface area contributed by atoms with Crippen molar-refractivity contribution in [3.05, 3.63) is 28.3 Å². The Hall–Kier alpha value is -1.43. The molecule has 0 aliphatic carbocycles. The standard InChI is InChI=1S/C11H16N2O3S/c1-3-16-10-6-4-5-9(11(10)13(14)15)12-7-8-17-2/h4-6,12H,3,7-8H2,1-2H3. The summed E-state index contributed by atoms with van der Waals surface area (Å²) in [5.74, 6) is 1.21. The van der Waals surface area contributed by atoms with Gasteiger partial charge in [0, 0.05) is 12.3 Å². The Morgan fingerprint density at radius 1 is 1.53 bits per heavy atom. The van der Waals surface area contributed by atoms with Crippen LogP contribution in [0.25, 0.3) is 0 Å². The van der Waals surface area contributed by atoms with Crippen molar-refractivity contribution in [2.24, 2.45) is 0 Å². The fourth-order valence-corrected chi connectivity index (χ4v) is 1.72. The van der Waals surface area contributed by atoms with Gasteiger partial charge in [-0.25, -0.2) is 0 Å². The lowest BCUT2D eigenvalue weighted by atomic mass is 10.2. The second-order valence-corrected chi connectivity index (χ2v) is 4.25. The van der Waals surface area contributed by atoms with Gasteiger partial charge in [-0.15, -0.1) is 0 Å². The van der Waals surface area contributed by atoms with Gasteiger partial charge in [-0.05, 0) is 25.3 Å². The molecule has 0 heterocycles. The zero-order valence-electron chi connectivity index (χ0n) is 9.93. The summed E-state index contributed by atoms with van der Waals surface area (Å²) in [5.41, 5.74) is 0.519. The number of nitrogens with one attached hydrogen (secondary N) is 1. The number of para-hydroxylation sites is 1. The van der Waals surface area contributed by atoms with E-state index in [1.165, 1.54) is 0 Å². The molecule has 0 aliphatic heterocycles. The largest absolute Gasteiger partial charge is 0.487 e. The first-order chi connectivity index (χ1) is 8.20. The second-order valence-electron chi connectivity index (χ2n) is 3.26. The number of hydrogen-bond acceptors (Lipinski definition) is 5. The summed E-state index contributed by atoms with van der Waals surface area (Å²) in [7, 11) is 0. The fraction of sp³-hybridized carbons (Fsp3) is 0.455. The van der Waals surface area contributed by atoms with Crippen molar-refractivity contribution in [2.45, 2.75) is 6.92 Å². The van der Waals surface area contributed by atoms with Crippen molar-refractivity contribution >= 4 is 23.1 Å². The number of anilines is 1. The van der Waals surface area contributed by atoms with E-state index in [0.29, 0.717) is 24.6 Å². The van der Waals surface area contributed by atoms with Gasteiger partial charge in [-0.1, -0.05) is 6.07 Å². The smallest absolute Gasteiger partial charge is 0.333 e. The van der Waals surface area contributed by atoms with Crippen molar-refractivity contribution in [3.8, 4) is 5.75 Å². The maximum absolute atomic E-state index is 11.0. The van der Waals surface area contributed by atoms with Gasteiger partial charge in [0.25, 0.3) is 0 Å². The molecule has 0 unspecified atom stereocenters. The van der Waals surface area contributed by atoms with E-state index in [0.717, 1.165) is 5.75 Å². The third-order valence-electron chi connectivity index (χ3n) is 2.10. The van der Waals surface area contributed by atoms with Gasteiger partial charge < -0.3 is 10.1 Å². The molecule has 0 amide bonds. The van der Waals surface area contributed by atoms with Gasteiger partial charge >= 0.3 is 5.69 Å². The molecule has 0 saturated heterocycles. The van der Waals surface area contributed by atoms with E-state index in [1.54, 1.807) is 36.9 Å². The Kier molecular flexibility index (Phi) is 5.62. The van der Waals surface area contributed by atoms with Crippen LogP contribution in [-0.4, -0.2) is 30.1 Å². The Balaban J connectivity index is 2.94. The number of hydrogen-bond donors (Lipinski definition) is 1. The van der Waals surface area contributed by atoms with E-state index >= 15 is 0 Å². The Bertz CT molecular complexity index is 385. The lowest BCUT2D eigenvalue weighted by Gasteiger charge is -2.09. The molecule has 5 nitrogen and oxygen atoms in total. The van der Waals surface area contributed by atoms with Crippen LogP contribution in [0.3, 0.4) is 0 Å². The molecule has 0 aliphatic rings. The normalized spacial score (nSPS) is 10.0. The van der Waals surface area contributed by atoms with Crippen molar-refractivity contribution in [2.75, 3.05) is 30.5 Å². The monoisotopic (exact) mass is 256 g/mol. The van der Waals surface area contributed by atoms with E-state index < -0.39 is 4.92 Å². The Morgan fingerprint density at radius 3 is 2.88 bits per heavy atom. The van der Waals surface area contributed by atoms with Gasteiger partial charge in [0.1, 0.15) is 5.69 Å². The van der Waals surface area contributed by atoms with Gasteiger partial charge in [0.15, 0.2) is 5.75 Å². The number of ether oxygens (including phenoxy) is 1. The number of nitro groups is 1. The summed E-state index contributed by atoms with van der Waals surface area (Å²) >= 11 is 1.69. The predicted octanol–water partition coefficient (Wildman–Crippen LogP) is 2.77. The summed E-state index contributed by atoms with van der Waals surface area (Å²) in [6.45, 7) is 2.91. The highest BCUT2D eigenvalue weighted by Gasteiger charge is 2.20. The van der Waals surface area contributed by atoms with Crippen LogP contribution in [0.4, 0.5) is 11.4 Å². The maximum Gasteiger partial charge on any atom is 0.333 e. The summed E-state index contributed by atoms with van der Waals surface area (Å²) < 4.78 is 5.26. The lowest BCUT2D eigenvalue weighted by molar-refractivity contribution is -0.384. The Labute approximate surface area is 105 Å². The number of thioether (sulfide) groups is 1. The van der Waals surface area contributed by atoms with E-state index in [-0.39, 0.29) is 5.69 Å². The summed E-state index contributed by atoms with van der Waals surface area (Å²) in [5, 5.41) is 14.1. The topological polar surface area (TPSA) is 64.4 Å². The molecule has 6 heteroatoms. The van der Waals surface area contributed by atoms with Crippen LogP contribution in [-0.2, 0) is 0 Å². The molecule has 1 aromatic carbocycles. The summed E-state index contributed by atoms with van der Waals surface area (Å²) in [6, 6.07) is 5.06. The minimum Gasteiger partial charge on any atom is -0.487 e. The van der Waals surface area contributed by atoms with Crippen molar-refractivity contribution in [1.29, 1.82) is 0 Å². The molecule has 1 rings (SSSR count). The van der Waals surface area contributed by atoms with E-state index in [2.05, 4.69) is 5.32 Å². The number of benzene rings is 1. The molecular weight excluding hydrogens is 240 g/mol. The minimum atomic E-state index is -0.410. The number of nitrogens with zero attached hydrogens (tertiary/aromatic N) is 1. The Morgan fingerprint density at radius 2 is 2.29 bits per heavy atom. The highest BCUT2D eigenvalue weighted by molar-refractivity contribution is 7.98. The molecule has 0 radical (unpaired) electrons. The molecule has 0 aromatic heterocycles. The average molecular weight is 256 g/mol. The number of nitro benzene ring substituents is 1. The van der Waals surface area contributed by atoms with Crippen LogP contribution < -0.4 is 10.1 Å². The molecule has 0 bridgehead atoms. The zero-order valence-corrected chi connectivity index (χ0v) is 10.8. The average Bonchev–Trinajstić information content (AvgIpc) is 2.29. The SMILES string of the molecule is CCOc1cccc(NCCSC)c1[N+](=O)[O-]. The summed E-state index contributed by atoms with van der Waals surface area (Å²) in [4.78, 5) is 10.6. The lowest BCUT2D eigenvalue weighted by Crippen LogP contribution is -2.07.